The predicted octanol–water partition coefficient (Wildman–Crippen LogP) is 1.73. The first kappa shape index (κ1) is 13.7. The first-order valence-corrected chi connectivity index (χ1v) is 7.40. The van der Waals surface area contributed by atoms with Crippen LogP contribution in [0.1, 0.15) is 24.0 Å². The molecule has 1 heterocycles. The molecular formula is C16H25N3O. The molecule has 1 aromatic carbocycles. The van der Waals surface area contributed by atoms with Crippen LogP contribution in [0.15, 0.2) is 12.1 Å². The minimum absolute atomic E-state index is 0.253. The Balaban J connectivity index is 1.79. The lowest BCUT2D eigenvalue weighted by Gasteiger charge is -2.29. The van der Waals surface area contributed by atoms with Crippen molar-refractivity contribution >= 4 is 5.69 Å². The van der Waals surface area contributed by atoms with E-state index in [4.69, 9.17) is 10.5 Å². The number of likely N-dealkylation sites (N-methyl/N-ethyl adjacent to an activating group) is 2. The van der Waals surface area contributed by atoms with Crippen LogP contribution < -0.4 is 10.5 Å². The van der Waals surface area contributed by atoms with E-state index in [9.17, 15) is 0 Å². The molecule has 4 heteroatoms. The first-order chi connectivity index (χ1) is 9.50. The zero-order valence-corrected chi connectivity index (χ0v) is 12.8. The maximum Gasteiger partial charge on any atom is 0.125 e. The zero-order chi connectivity index (χ0) is 14.3. The summed E-state index contributed by atoms with van der Waals surface area (Å²) in [5.74, 6) is 1.00. The van der Waals surface area contributed by atoms with E-state index in [2.05, 4.69) is 37.0 Å². The number of ether oxygens (including phenoxy) is 1. The molecule has 0 unspecified atom stereocenters. The van der Waals surface area contributed by atoms with Crippen LogP contribution >= 0.6 is 0 Å². The molecule has 0 radical (unpaired) electrons. The van der Waals surface area contributed by atoms with Crippen molar-refractivity contribution in [1.29, 1.82) is 0 Å². The van der Waals surface area contributed by atoms with E-state index in [1.807, 2.05) is 6.07 Å². The second kappa shape index (κ2) is 4.93. The van der Waals surface area contributed by atoms with Crippen LogP contribution in [-0.4, -0.2) is 49.6 Å². The summed E-state index contributed by atoms with van der Waals surface area (Å²) in [4.78, 5) is 4.62. The minimum atomic E-state index is 0.253. The van der Waals surface area contributed by atoms with Gasteiger partial charge in [-0.2, -0.15) is 0 Å². The number of rotatable bonds is 4. The quantitative estimate of drug-likeness (QED) is 0.850. The zero-order valence-electron chi connectivity index (χ0n) is 12.8. The molecule has 0 bridgehead atoms. The number of nitrogens with zero attached hydrogens (tertiary/aromatic N) is 2. The van der Waals surface area contributed by atoms with Gasteiger partial charge in [0.05, 0.1) is 5.54 Å². The number of nitrogen functional groups attached to an aromatic ring is 1. The Hall–Kier alpha value is -1.26. The summed E-state index contributed by atoms with van der Waals surface area (Å²) in [6.07, 6.45) is 3.51. The lowest BCUT2D eigenvalue weighted by molar-refractivity contribution is 0.165. The van der Waals surface area contributed by atoms with Crippen molar-refractivity contribution in [2.75, 3.05) is 40.0 Å². The number of hydrogen-bond acceptors (Lipinski definition) is 4. The predicted molar refractivity (Wildman–Crippen MR) is 82.0 cm³/mol. The molecule has 3 rings (SSSR count). The Bertz CT molecular complexity index is 509. The standard InChI is InChI=1S/C16H25N3O/c1-18(2)16(5-6-16)11-20-15-9-13(17)8-12-10-19(3)7-4-14(12)15/h8-9H,4-7,10-11,17H2,1-3H3. The third kappa shape index (κ3) is 2.50. The molecular weight excluding hydrogens is 250 g/mol. The van der Waals surface area contributed by atoms with Crippen molar-refractivity contribution in [1.82, 2.24) is 9.80 Å². The van der Waals surface area contributed by atoms with Crippen LogP contribution in [0.25, 0.3) is 0 Å². The van der Waals surface area contributed by atoms with Gasteiger partial charge in [-0.15, -0.1) is 0 Å². The summed E-state index contributed by atoms with van der Waals surface area (Å²) in [6, 6.07) is 4.09. The summed E-state index contributed by atoms with van der Waals surface area (Å²) in [7, 11) is 6.43. The van der Waals surface area contributed by atoms with Gasteiger partial charge < -0.3 is 20.3 Å². The van der Waals surface area contributed by atoms with Crippen LogP contribution in [0.2, 0.25) is 0 Å². The summed E-state index contributed by atoms with van der Waals surface area (Å²) < 4.78 is 6.17. The van der Waals surface area contributed by atoms with Crippen molar-refractivity contribution in [2.24, 2.45) is 0 Å². The number of fused-ring (bicyclic) bond motifs is 1. The monoisotopic (exact) mass is 275 g/mol. The Labute approximate surface area is 121 Å². The molecule has 1 aliphatic heterocycles. The van der Waals surface area contributed by atoms with Crippen LogP contribution in [0, 0.1) is 0 Å². The molecule has 20 heavy (non-hydrogen) atoms. The molecule has 4 nitrogen and oxygen atoms in total. The second-order valence-corrected chi connectivity index (χ2v) is 6.55. The average Bonchev–Trinajstić information content (AvgIpc) is 3.16. The van der Waals surface area contributed by atoms with Gasteiger partial charge in [0.2, 0.25) is 0 Å². The lowest BCUT2D eigenvalue weighted by atomic mass is 9.98. The molecule has 0 atom stereocenters. The Morgan fingerprint density at radius 3 is 2.75 bits per heavy atom. The van der Waals surface area contributed by atoms with Crippen molar-refractivity contribution in [3.63, 3.8) is 0 Å². The number of anilines is 1. The summed E-state index contributed by atoms with van der Waals surface area (Å²) in [5, 5.41) is 0. The molecule has 0 amide bonds. The van der Waals surface area contributed by atoms with Gasteiger partial charge in [0.1, 0.15) is 12.4 Å². The highest BCUT2D eigenvalue weighted by Gasteiger charge is 2.45. The van der Waals surface area contributed by atoms with E-state index in [1.165, 1.54) is 24.0 Å². The van der Waals surface area contributed by atoms with Gasteiger partial charge in [-0.05, 0) is 52.0 Å². The Kier molecular flexibility index (Phi) is 3.38. The van der Waals surface area contributed by atoms with E-state index in [-0.39, 0.29) is 5.54 Å². The maximum absolute atomic E-state index is 6.17. The van der Waals surface area contributed by atoms with Gasteiger partial charge in [-0.1, -0.05) is 0 Å². The topological polar surface area (TPSA) is 41.7 Å². The maximum atomic E-state index is 6.17. The Morgan fingerprint density at radius 1 is 1.35 bits per heavy atom. The van der Waals surface area contributed by atoms with E-state index in [1.54, 1.807) is 0 Å². The van der Waals surface area contributed by atoms with Gasteiger partial charge in [0.25, 0.3) is 0 Å². The summed E-state index contributed by atoms with van der Waals surface area (Å²) >= 11 is 0. The fourth-order valence-corrected chi connectivity index (χ4v) is 3.03. The first-order valence-electron chi connectivity index (χ1n) is 7.40. The molecule has 0 aromatic heterocycles. The van der Waals surface area contributed by atoms with Gasteiger partial charge in [-0.25, -0.2) is 0 Å². The number of nitrogens with two attached hydrogens (primary N) is 1. The molecule has 110 valence electrons. The molecule has 2 N–H and O–H groups in total. The molecule has 2 aliphatic rings. The molecule has 1 saturated carbocycles. The van der Waals surface area contributed by atoms with Crippen LogP contribution in [0.4, 0.5) is 5.69 Å². The van der Waals surface area contributed by atoms with Crippen molar-refractivity contribution in [2.45, 2.75) is 31.3 Å². The summed E-state index contributed by atoms with van der Waals surface area (Å²) in [5.41, 5.74) is 9.77. The van der Waals surface area contributed by atoms with Crippen LogP contribution in [0.3, 0.4) is 0 Å². The smallest absolute Gasteiger partial charge is 0.125 e. The third-order valence-corrected chi connectivity index (χ3v) is 4.78. The van der Waals surface area contributed by atoms with E-state index < -0.39 is 0 Å². The molecule has 1 aliphatic carbocycles. The fraction of sp³-hybridized carbons (Fsp3) is 0.625. The molecule has 0 spiro atoms. The fourth-order valence-electron chi connectivity index (χ4n) is 3.03. The highest BCUT2D eigenvalue weighted by atomic mass is 16.5. The van der Waals surface area contributed by atoms with Crippen molar-refractivity contribution in [3.8, 4) is 5.75 Å². The molecule has 0 saturated heterocycles. The van der Waals surface area contributed by atoms with Gasteiger partial charge in [-0.3, -0.25) is 0 Å². The van der Waals surface area contributed by atoms with Gasteiger partial charge in [0.15, 0.2) is 0 Å². The van der Waals surface area contributed by atoms with Gasteiger partial charge in [0, 0.05) is 30.4 Å². The number of hydrogen-bond donors (Lipinski definition) is 1. The van der Waals surface area contributed by atoms with Crippen molar-refractivity contribution in [3.05, 3.63) is 23.3 Å². The van der Waals surface area contributed by atoms with Crippen LogP contribution in [-0.2, 0) is 13.0 Å². The molecule has 1 aromatic rings. The summed E-state index contributed by atoms with van der Waals surface area (Å²) in [6.45, 7) is 2.83. The second-order valence-electron chi connectivity index (χ2n) is 6.55. The van der Waals surface area contributed by atoms with E-state index in [0.717, 1.165) is 37.6 Å². The van der Waals surface area contributed by atoms with E-state index in [0.29, 0.717) is 0 Å². The number of benzene rings is 1. The SMILES string of the molecule is CN1CCc2c(cc(N)cc2OCC2(N(C)C)CC2)C1. The highest BCUT2D eigenvalue weighted by Crippen LogP contribution is 2.41. The lowest BCUT2D eigenvalue weighted by Crippen LogP contribution is -2.36. The van der Waals surface area contributed by atoms with Gasteiger partial charge >= 0.3 is 0 Å². The third-order valence-electron chi connectivity index (χ3n) is 4.78. The molecule has 1 fully saturated rings. The Morgan fingerprint density at radius 2 is 2.10 bits per heavy atom. The normalized spacial score (nSPS) is 20.8. The average molecular weight is 275 g/mol. The largest absolute Gasteiger partial charge is 0.491 e. The van der Waals surface area contributed by atoms with E-state index >= 15 is 0 Å². The highest BCUT2D eigenvalue weighted by molar-refractivity contribution is 5.54. The minimum Gasteiger partial charge on any atom is -0.491 e. The van der Waals surface area contributed by atoms with Crippen LogP contribution in [0.5, 0.6) is 5.75 Å². The van der Waals surface area contributed by atoms with Crippen molar-refractivity contribution < 1.29 is 4.74 Å².